The highest BCUT2D eigenvalue weighted by Gasteiger charge is 2.38. The highest BCUT2D eigenvalue weighted by molar-refractivity contribution is 8.27. The lowest BCUT2D eigenvalue weighted by Crippen LogP contribution is -2.33. The van der Waals surface area contributed by atoms with Crippen molar-refractivity contribution >= 4 is 46.0 Å². The number of thiocarbonyl (C=S) groups is 1. The number of hydrogen-bond acceptors (Lipinski definition) is 6. The SMILES string of the molecule is Cc1c(N2C(=O)/C(=C/c3cn(-c4ccccc4)nc3-c3cccc(OCc4ccccc4F)c3)SC2=S)c(=O)n(-c2ccccc2)n1C. The van der Waals surface area contributed by atoms with Gasteiger partial charge in [0.05, 0.1) is 22.0 Å². The molecule has 4 aromatic carbocycles. The van der Waals surface area contributed by atoms with E-state index in [9.17, 15) is 14.0 Å². The van der Waals surface area contributed by atoms with Crippen LogP contribution in [0.15, 0.2) is 125 Å². The molecule has 1 saturated heterocycles. The number of ether oxygens (including phenoxy) is 1. The van der Waals surface area contributed by atoms with Crippen LogP contribution in [0.25, 0.3) is 28.7 Å². The molecule has 7 rings (SSSR count). The maximum Gasteiger partial charge on any atom is 0.296 e. The van der Waals surface area contributed by atoms with Gasteiger partial charge >= 0.3 is 0 Å². The van der Waals surface area contributed by atoms with Gasteiger partial charge in [0, 0.05) is 29.9 Å². The van der Waals surface area contributed by atoms with Gasteiger partial charge in [0.25, 0.3) is 11.5 Å². The molecule has 11 heteroatoms. The number of carbonyl (C=O) groups excluding carboxylic acids is 1. The van der Waals surface area contributed by atoms with Crippen molar-refractivity contribution in [1.29, 1.82) is 0 Å². The molecule has 8 nitrogen and oxygen atoms in total. The Labute approximate surface area is 285 Å². The average molecular weight is 674 g/mol. The molecule has 2 aromatic heterocycles. The number of halogens is 1. The average Bonchev–Trinajstić information content (AvgIpc) is 3.72. The van der Waals surface area contributed by atoms with Crippen LogP contribution >= 0.6 is 24.0 Å². The molecule has 6 aromatic rings. The first kappa shape index (κ1) is 31.1. The van der Waals surface area contributed by atoms with Crippen LogP contribution in [0.1, 0.15) is 16.8 Å². The molecular formula is C37H28FN5O3S2. The van der Waals surface area contributed by atoms with Gasteiger partial charge in [-0.25, -0.2) is 13.8 Å². The van der Waals surface area contributed by atoms with Crippen molar-refractivity contribution < 1.29 is 13.9 Å². The molecular weight excluding hydrogens is 646 g/mol. The van der Waals surface area contributed by atoms with Crippen molar-refractivity contribution in [2.75, 3.05) is 4.90 Å². The minimum atomic E-state index is -0.392. The molecule has 0 radical (unpaired) electrons. The largest absolute Gasteiger partial charge is 0.489 e. The smallest absolute Gasteiger partial charge is 0.296 e. The van der Waals surface area contributed by atoms with E-state index in [-0.39, 0.29) is 28.0 Å². The number of rotatable bonds is 8. The van der Waals surface area contributed by atoms with Gasteiger partial charge in [0.2, 0.25) is 0 Å². The van der Waals surface area contributed by atoms with Gasteiger partial charge in [-0.2, -0.15) is 5.10 Å². The Morgan fingerprint density at radius 1 is 0.896 bits per heavy atom. The number of hydrogen-bond donors (Lipinski definition) is 0. The molecule has 3 heterocycles. The lowest BCUT2D eigenvalue weighted by Gasteiger charge is -2.12. The van der Waals surface area contributed by atoms with Crippen molar-refractivity contribution in [3.63, 3.8) is 0 Å². The zero-order valence-electron chi connectivity index (χ0n) is 25.9. The number of carbonyl (C=O) groups is 1. The van der Waals surface area contributed by atoms with Gasteiger partial charge in [-0.1, -0.05) is 90.7 Å². The highest BCUT2D eigenvalue weighted by Crippen LogP contribution is 2.38. The lowest BCUT2D eigenvalue weighted by molar-refractivity contribution is -0.113. The number of anilines is 1. The van der Waals surface area contributed by atoms with Crippen LogP contribution < -0.4 is 15.2 Å². The van der Waals surface area contributed by atoms with Crippen molar-refractivity contribution in [2.24, 2.45) is 7.05 Å². The Morgan fingerprint density at radius 3 is 2.31 bits per heavy atom. The van der Waals surface area contributed by atoms with E-state index < -0.39 is 5.91 Å². The Bertz CT molecular complexity index is 2280. The maximum absolute atomic E-state index is 14.2. The van der Waals surface area contributed by atoms with Crippen LogP contribution in [-0.2, 0) is 18.4 Å². The predicted octanol–water partition coefficient (Wildman–Crippen LogP) is 7.46. The summed E-state index contributed by atoms with van der Waals surface area (Å²) in [5, 5.41) is 4.90. The third-order valence-corrected chi connectivity index (χ3v) is 9.35. The van der Waals surface area contributed by atoms with Crippen molar-refractivity contribution in [3.8, 4) is 28.4 Å². The lowest BCUT2D eigenvalue weighted by atomic mass is 10.1. The van der Waals surface area contributed by atoms with Crippen molar-refractivity contribution in [2.45, 2.75) is 13.5 Å². The summed E-state index contributed by atoms with van der Waals surface area (Å²) < 4.78 is 25.4. The molecule has 0 N–H and O–H groups in total. The predicted molar refractivity (Wildman–Crippen MR) is 191 cm³/mol. The van der Waals surface area contributed by atoms with E-state index in [2.05, 4.69) is 0 Å². The zero-order valence-corrected chi connectivity index (χ0v) is 27.5. The second kappa shape index (κ2) is 12.9. The summed E-state index contributed by atoms with van der Waals surface area (Å²) in [7, 11) is 1.78. The van der Waals surface area contributed by atoms with Crippen molar-refractivity contribution in [1.82, 2.24) is 19.1 Å². The normalized spacial score (nSPS) is 13.9. The molecule has 1 aliphatic rings. The van der Waals surface area contributed by atoms with Crippen LogP contribution in [0.3, 0.4) is 0 Å². The van der Waals surface area contributed by atoms with Crippen LogP contribution in [-0.4, -0.2) is 29.4 Å². The van der Waals surface area contributed by atoms with E-state index >= 15 is 0 Å². The number of benzene rings is 4. The highest BCUT2D eigenvalue weighted by atomic mass is 32.2. The molecule has 0 spiro atoms. The first-order valence-electron chi connectivity index (χ1n) is 15.0. The second-order valence-electron chi connectivity index (χ2n) is 11.0. The Morgan fingerprint density at radius 2 is 1.58 bits per heavy atom. The fraction of sp³-hybridized carbons (Fsp3) is 0.0811. The van der Waals surface area contributed by atoms with E-state index in [1.54, 1.807) is 53.7 Å². The zero-order chi connectivity index (χ0) is 33.4. The van der Waals surface area contributed by atoms with Gasteiger partial charge < -0.3 is 4.74 Å². The summed E-state index contributed by atoms with van der Waals surface area (Å²) in [6.07, 6.45) is 3.60. The number of aromatic nitrogens is 4. The number of amides is 1. The van der Waals surface area contributed by atoms with E-state index in [0.717, 1.165) is 23.0 Å². The van der Waals surface area contributed by atoms with E-state index in [4.69, 9.17) is 22.1 Å². The Hall–Kier alpha value is -5.52. The minimum absolute atomic E-state index is 0.0643. The summed E-state index contributed by atoms with van der Waals surface area (Å²) in [4.78, 5) is 29.5. The van der Waals surface area contributed by atoms with Crippen molar-refractivity contribution in [3.05, 3.63) is 153 Å². The molecule has 0 aliphatic carbocycles. The summed E-state index contributed by atoms with van der Waals surface area (Å²) >= 11 is 6.82. The van der Waals surface area contributed by atoms with Crippen LogP contribution in [0, 0.1) is 12.7 Å². The van der Waals surface area contributed by atoms with Gasteiger partial charge in [-0.05, 0) is 55.5 Å². The van der Waals surface area contributed by atoms with Crippen LogP contribution in [0.2, 0.25) is 0 Å². The summed E-state index contributed by atoms with van der Waals surface area (Å²) in [6.45, 7) is 1.86. The van der Waals surface area contributed by atoms with E-state index in [0.29, 0.717) is 38.9 Å². The van der Waals surface area contributed by atoms with E-state index in [1.807, 2.05) is 85.1 Å². The molecule has 0 saturated carbocycles. The third-order valence-electron chi connectivity index (χ3n) is 8.05. The fourth-order valence-electron chi connectivity index (χ4n) is 5.55. The van der Waals surface area contributed by atoms with Crippen LogP contribution in [0.4, 0.5) is 10.1 Å². The maximum atomic E-state index is 14.2. The number of para-hydroxylation sites is 2. The van der Waals surface area contributed by atoms with Gasteiger partial charge in [-0.3, -0.25) is 19.2 Å². The molecule has 1 aliphatic heterocycles. The topological polar surface area (TPSA) is 74.3 Å². The summed E-state index contributed by atoms with van der Waals surface area (Å²) in [5.41, 5.74) is 4.43. The third kappa shape index (κ3) is 5.78. The molecule has 48 heavy (non-hydrogen) atoms. The Balaban J connectivity index is 1.26. The number of nitrogens with zero attached hydrogens (tertiary/aromatic N) is 5. The van der Waals surface area contributed by atoms with Gasteiger partial charge in [0.15, 0.2) is 4.32 Å². The van der Waals surface area contributed by atoms with Gasteiger partial charge in [-0.15, -0.1) is 0 Å². The van der Waals surface area contributed by atoms with E-state index in [1.165, 1.54) is 15.6 Å². The fourth-order valence-corrected chi connectivity index (χ4v) is 6.82. The van der Waals surface area contributed by atoms with Gasteiger partial charge in [0.1, 0.15) is 29.6 Å². The monoisotopic (exact) mass is 673 g/mol. The molecule has 0 atom stereocenters. The molecule has 238 valence electrons. The first-order valence-corrected chi connectivity index (χ1v) is 16.3. The molecule has 1 fully saturated rings. The molecule has 0 unspecified atom stereocenters. The number of thioether (sulfide) groups is 1. The second-order valence-corrected chi connectivity index (χ2v) is 12.7. The van der Waals surface area contributed by atoms with Crippen LogP contribution in [0.5, 0.6) is 5.75 Å². The molecule has 1 amide bonds. The summed E-state index contributed by atoms with van der Waals surface area (Å²) in [5.74, 6) is -0.188. The standard InChI is InChI=1S/C37H28FN5O3S2/c1-24-34(36(45)43(40(24)2)29-16-7-4-8-17-29)42-35(44)32(48-37(42)47)21-27-22-41(28-14-5-3-6-15-28)39-33(27)25-13-11-18-30(20-25)46-23-26-12-9-10-19-31(26)38/h3-22H,23H2,1-2H3/b32-21-. The summed E-state index contributed by atoms with van der Waals surface area (Å²) in [6, 6.07) is 32.7. The minimum Gasteiger partial charge on any atom is -0.489 e. The molecule has 0 bridgehead atoms. The Kier molecular flexibility index (Phi) is 8.38. The first-order chi connectivity index (χ1) is 23.3. The quantitative estimate of drug-likeness (QED) is 0.123.